The van der Waals surface area contributed by atoms with E-state index in [1.54, 1.807) is 36.4 Å². The summed E-state index contributed by atoms with van der Waals surface area (Å²) in [4.78, 5) is 16.1. The van der Waals surface area contributed by atoms with Gasteiger partial charge in [-0.25, -0.2) is 13.8 Å². The molecule has 0 bridgehead atoms. The molecule has 4 nitrogen and oxygen atoms in total. The second-order valence-electron chi connectivity index (χ2n) is 5.01. The molecule has 0 saturated heterocycles. The molecule has 3 aromatic rings. The van der Waals surface area contributed by atoms with E-state index in [9.17, 15) is 13.6 Å². The van der Waals surface area contributed by atoms with Gasteiger partial charge in [0.25, 0.3) is 5.91 Å². The Morgan fingerprint density at radius 1 is 0.875 bits per heavy atom. The van der Waals surface area contributed by atoms with Crippen molar-refractivity contribution in [3.63, 3.8) is 0 Å². The van der Waals surface area contributed by atoms with Gasteiger partial charge >= 0.3 is 0 Å². The number of hydrogen-bond acceptors (Lipinski definition) is 3. The summed E-state index contributed by atoms with van der Waals surface area (Å²) in [6.07, 6.45) is 1.49. The minimum atomic E-state index is -0.931. The lowest BCUT2D eigenvalue weighted by Gasteiger charge is -2.08. The van der Waals surface area contributed by atoms with Gasteiger partial charge in [0.05, 0.1) is 11.9 Å². The molecule has 3 rings (SSSR count). The zero-order chi connectivity index (χ0) is 16.9. The molecule has 0 radical (unpaired) electrons. The molecule has 6 heteroatoms. The number of carbonyl (C=O) groups is 1. The van der Waals surface area contributed by atoms with E-state index in [1.807, 2.05) is 6.07 Å². The van der Waals surface area contributed by atoms with Gasteiger partial charge in [0.15, 0.2) is 11.6 Å². The first-order valence-corrected chi connectivity index (χ1v) is 7.16. The van der Waals surface area contributed by atoms with Crippen LogP contribution in [0.5, 0.6) is 0 Å². The van der Waals surface area contributed by atoms with Gasteiger partial charge in [0, 0.05) is 17.3 Å². The molecule has 0 atom stereocenters. The molecule has 0 aliphatic carbocycles. The minimum absolute atomic E-state index is 0.260. The van der Waals surface area contributed by atoms with Crippen LogP contribution in [0.2, 0.25) is 0 Å². The molecule has 0 fully saturated rings. The van der Waals surface area contributed by atoms with Crippen LogP contribution >= 0.6 is 0 Å². The summed E-state index contributed by atoms with van der Waals surface area (Å²) in [5.74, 6) is -1.71. The van der Waals surface area contributed by atoms with Gasteiger partial charge in [0.2, 0.25) is 0 Å². The molecule has 0 spiro atoms. The Kier molecular flexibility index (Phi) is 4.47. The Bertz CT molecular complexity index is 852. The molecule has 1 amide bonds. The fraction of sp³-hybridized carbons (Fsp3) is 0. The normalized spacial score (nSPS) is 10.2. The van der Waals surface area contributed by atoms with E-state index in [0.717, 1.165) is 12.1 Å². The molecule has 2 aromatic carbocycles. The predicted molar refractivity (Wildman–Crippen MR) is 88.3 cm³/mol. The molecular weight excluding hydrogens is 312 g/mol. The van der Waals surface area contributed by atoms with Crippen molar-refractivity contribution in [3.05, 3.63) is 84.1 Å². The number of amides is 1. The number of halogens is 2. The van der Waals surface area contributed by atoms with Crippen LogP contribution in [0, 0.1) is 11.6 Å². The molecule has 0 aliphatic rings. The molecular formula is C18H13F2N3O. The van der Waals surface area contributed by atoms with Crippen LogP contribution < -0.4 is 10.6 Å². The van der Waals surface area contributed by atoms with Crippen LogP contribution in [-0.4, -0.2) is 10.9 Å². The monoisotopic (exact) mass is 325 g/mol. The van der Waals surface area contributed by atoms with E-state index in [2.05, 4.69) is 15.6 Å². The van der Waals surface area contributed by atoms with E-state index in [0.29, 0.717) is 22.8 Å². The summed E-state index contributed by atoms with van der Waals surface area (Å²) in [5, 5.41) is 5.58. The third-order valence-electron chi connectivity index (χ3n) is 3.25. The van der Waals surface area contributed by atoms with Gasteiger partial charge in [-0.3, -0.25) is 4.79 Å². The van der Waals surface area contributed by atoms with Crippen molar-refractivity contribution < 1.29 is 13.6 Å². The number of nitrogens with one attached hydrogen (secondary N) is 2. The lowest BCUT2D eigenvalue weighted by Crippen LogP contribution is -2.12. The van der Waals surface area contributed by atoms with Crippen LogP contribution in [0.4, 0.5) is 26.0 Å². The number of nitrogens with zero attached hydrogens (tertiary/aromatic N) is 1. The third kappa shape index (κ3) is 3.73. The van der Waals surface area contributed by atoms with E-state index in [-0.39, 0.29) is 5.91 Å². The van der Waals surface area contributed by atoms with Crippen LogP contribution in [0.25, 0.3) is 0 Å². The van der Waals surface area contributed by atoms with Crippen LogP contribution in [-0.2, 0) is 0 Å². The SMILES string of the molecule is O=C(Nc1ccc(Nc2ccc(F)c(F)c2)cn1)c1ccccc1. The van der Waals surface area contributed by atoms with Crippen LogP contribution in [0.15, 0.2) is 66.9 Å². The van der Waals surface area contributed by atoms with E-state index in [1.165, 1.54) is 12.3 Å². The van der Waals surface area contributed by atoms with Gasteiger partial charge in [0.1, 0.15) is 5.82 Å². The van der Waals surface area contributed by atoms with Crippen molar-refractivity contribution in [2.45, 2.75) is 0 Å². The fourth-order valence-corrected chi connectivity index (χ4v) is 2.06. The number of pyridine rings is 1. The Morgan fingerprint density at radius 3 is 2.29 bits per heavy atom. The molecule has 2 N–H and O–H groups in total. The first-order chi connectivity index (χ1) is 11.6. The van der Waals surface area contributed by atoms with Crippen LogP contribution in [0.1, 0.15) is 10.4 Å². The average molecular weight is 325 g/mol. The van der Waals surface area contributed by atoms with E-state index in [4.69, 9.17) is 0 Å². The number of anilines is 3. The second kappa shape index (κ2) is 6.87. The maximum absolute atomic E-state index is 13.2. The van der Waals surface area contributed by atoms with E-state index < -0.39 is 11.6 Å². The second-order valence-corrected chi connectivity index (χ2v) is 5.01. The summed E-state index contributed by atoms with van der Waals surface area (Å²) in [7, 11) is 0. The average Bonchev–Trinajstić information content (AvgIpc) is 2.61. The van der Waals surface area contributed by atoms with Crippen molar-refractivity contribution in [2.24, 2.45) is 0 Å². The highest BCUT2D eigenvalue weighted by Gasteiger charge is 2.06. The topological polar surface area (TPSA) is 54.0 Å². The highest BCUT2D eigenvalue weighted by atomic mass is 19.2. The smallest absolute Gasteiger partial charge is 0.256 e. The number of carbonyl (C=O) groups excluding carboxylic acids is 1. The molecule has 1 aromatic heterocycles. The molecule has 0 unspecified atom stereocenters. The molecule has 120 valence electrons. The van der Waals surface area contributed by atoms with Crippen LogP contribution in [0.3, 0.4) is 0 Å². The van der Waals surface area contributed by atoms with Gasteiger partial charge < -0.3 is 10.6 Å². The Labute approximate surface area is 137 Å². The molecule has 0 aliphatic heterocycles. The Hall–Kier alpha value is -3.28. The van der Waals surface area contributed by atoms with Crippen molar-refractivity contribution in [2.75, 3.05) is 10.6 Å². The molecule has 1 heterocycles. The van der Waals surface area contributed by atoms with Gasteiger partial charge in [-0.2, -0.15) is 0 Å². The Balaban J connectivity index is 1.67. The zero-order valence-corrected chi connectivity index (χ0v) is 12.5. The Morgan fingerprint density at radius 2 is 1.62 bits per heavy atom. The summed E-state index contributed by atoms with van der Waals surface area (Å²) < 4.78 is 26.1. The van der Waals surface area contributed by atoms with Crippen molar-refractivity contribution in [1.29, 1.82) is 0 Å². The molecule has 24 heavy (non-hydrogen) atoms. The standard InChI is InChI=1S/C18H13F2N3O/c19-15-8-6-13(10-16(15)20)22-14-7-9-17(21-11-14)23-18(24)12-4-2-1-3-5-12/h1-11,22H,(H,21,23,24). The summed E-state index contributed by atoms with van der Waals surface area (Å²) in [6, 6.07) is 15.6. The largest absolute Gasteiger partial charge is 0.354 e. The minimum Gasteiger partial charge on any atom is -0.354 e. The number of aromatic nitrogens is 1. The third-order valence-corrected chi connectivity index (χ3v) is 3.25. The highest BCUT2D eigenvalue weighted by molar-refractivity contribution is 6.03. The number of benzene rings is 2. The quantitative estimate of drug-likeness (QED) is 0.749. The maximum Gasteiger partial charge on any atom is 0.256 e. The lowest BCUT2D eigenvalue weighted by atomic mass is 10.2. The predicted octanol–water partition coefficient (Wildman–Crippen LogP) is 4.36. The fourth-order valence-electron chi connectivity index (χ4n) is 2.06. The number of hydrogen-bond donors (Lipinski definition) is 2. The summed E-state index contributed by atoms with van der Waals surface area (Å²) in [5.41, 5.74) is 1.51. The van der Waals surface area contributed by atoms with Crippen molar-refractivity contribution >= 4 is 23.1 Å². The number of rotatable bonds is 4. The first-order valence-electron chi connectivity index (χ1n) is 7.16. The van der Waals surface area contributed by atoms with E-state index >= 15 is 0 Å². The van der Waals surface area contributed by atoms with Gasteiger partial charge in [-0.1, -0.05) is 18.2 Å². The van der Waals surface area contributed by atoms with Crippen molar-refractivity contribution in [3.8, 4) is 0 Å². The summed E-state index contributed by atoms with van der Waals surface area (Å²) in [6.45, 7) is 0. The first kappa shape index (κ1) is 15.6. The maximum atomic E-state index is 13.2. The van der Waals surface area contributed by atoms with Crippen molar-refractivity contribution in [1.82, 2.24) is 4.98 Å². The zero-order valence-electron chi connectivity index (χ0n) is 12.5. The molecule has 0 saturated carbocycles. The van der Waals surface area contributed by atoms with Gasteiger partial charge in [-0.15, -0.1) is 0 Å². The lowest BCUT2D eigenvalue weighted by molar-refractivity contribution is 0.102. The summed E-state index contributed by atoms with van der Waals surface area (Å²) >= 11 is 0. The highest BCUT2D eigenvalue weighted by Crippen LogP contribution is 2.19. The van der Waals surface area contributed by atoms with Gasteiger partial charge in [-0.05, 0) is 36.4 Å².